The molecular weight excluding hydrogens is 279 g/mol. The minimum absolute atomic E-state index is 0. The van der Waals surface area contributed by atoms with Gasteiger partial charge in [-0.15, -0.1) is 0 Å². The van der Waals surface area contributed by atoms with Crippen LogP contribution in [0.15, 0.2) is 0 Å². The number of nitrogens with one attached hydrogen (secondary N) is 3. The van der Waals surface area contributed by atoms with Crippen molar-refractivity contribution >= 4 is 17.7 Å². The number of H-pyrrole nitrogens is 1. The first-order chi connectivity index (χ1) is 8.96. The van der Waals surface area contributed by atoms with Gasteiger partial charge >= 0.3 is 29.6 Å². The standard InChI is InChI=1S/C9H16N6O4.Na/c10-8-12-4-5(13-8)14-9(11,15-6(4)17)7(18)19-3-1-2-16;/h7,14,16,18H,1-3,11H2,(H,15,17)(H3,10,12,13);/q;+1. The van der Waals surface area contributed by atoms with Crippen LogP contribution in [0.25, 0.3) is 0 Å². The number of nitrogens with zero attached hydrogens (tertiary/aromatic N) is 1. The van der Waals surface area contributed by atoms with Crippen LogP contribution in [0.4, 0.5) is 11.8 Å². The third-order valence-electron chi connectivity index (χ3n) is 2.56. The molecule has 11 heteroatoms. The molecule has 2 rings (SSSR count). The molecule has 2 unspecified atom stereocenters. The van der Waals surface area contributed by atoms with Crippen molar-refractivity contribution < 1.29 is 49.3 Å². The summed E-state index contributed by atoms with van der Waals surface area (Å²) < 4.78 is 5.02. The second-order valence-electron chi connectivity index (χ2n) is 4.09. The number of rotatable bonds is 5. The van der Waals surface area contributed by atoms with Crippen LogP contribution in [-0.2, 0) is 4.74 Å². The maximum Gasteiger partial charge on any atom is 1.00 e. The fraction of sp³-hybridized carbons (Fsp3) is 0.556. The van der Waals surface area contributed by atoms with Crippen LogP contribution in [-0.4, -0.2) is 51.4 Å². The number of amides is 1. The van der Waals surface area contributed by atoms with E-state index in [0.717, 1.165) is 0 Å². The van der Waals surface area contributed by atoms with E-state index in [1.807, 2.05) is 0 Å². The summed E-state index contributed by atoms with van der Waals surface area (Å²) in [5, 5.41) is 23.4. The molecule has 1 aliphatic heterocycles. The van der Waals surface area contributed by atoms with Crippen LogP contribution in [0.3, 0.4) is 0 Å². The number of hydrogen-bond donors (Lipinski definition) is 7. The zero-order chi connectivity index (χ0) is 14.0. The molecule has 0 radical (unpaired) electrons. The number of aromatic nitrogens is 2. The van der Waals surface area contributed by atoms with E-state index in [9.17, 15) is 9.90 Å². The first-order valence-corrected chi connectivity index (χ1v) is 5.62. The third kappa shape index (κ3) is 3.41. The van der Waals surface area contributed by atoms with Gasteiger partial charge in [0.15, 0.2) is 11.8 Å². The van der Waals surface area contributed by atoms with E-state index in [-0.39, 0.29) is 60.2 Å². The summed E-state index contributed by atoms with van der Waals surface area (Å²) in [4.78, 5) is 18.2. The Balaban J connectivity index is 0.00000200. The summed E-state index contributed by atoms with van der Waals surface area (Å²) in [5.74, 6) is -2.10. The molecule has 0 aliphatic carbocycles. The number of ether oxygens (including phenoxy) is 1. The van der Waals surface area contributed by atoms with E-state index in [0.29, 0.717) is 6.42 Å². The quantitative estimate of drug-likeness (QED) is 0.160. The van der Waals surface area contributed by atoms with Crippen molar-refractivity contribution in [2.75, 3.05) is 24.3 Å². The van der Waals surface area contributed by atoms with Gasteiger partial charge in [0.2, 0.25) is 12.1 Å². The molecule has 0 fully saturated rings. The van der Waals surface area contributed by atoms with Crippen LogP contribution in [0.1, 0.15) is 16.9 Å². The summed E-state index contributed by atoms with van der Waals surface area (Å²) in [6.07, 6.45) is -1.18. The molecule has 1 aliphatic rings. The van der Waals surface area contributed by atoms with Crippen LogP contribution >= 0.6 is 0 Å². The second-order valence-corrected chi connectivity index (χ2v) is 4.09. The Kier molecular flexibility index (Phi) is 5.77. The number of nitrogen functional groups attached to an aromatic ring is 1. The van der Waals surface area contributed by atoms with Gasteiger partial charge in [-0.1, -0.05) is 0 Å². The summed E-state index contributed by atoms with van der Waals surface area (Å²) in [7, 11) is 0. The Bertz CT molecular complexity index is 483. The van der Waals surface area contributed by atoms with Crippen molar-refractivity contribution in [3.63, 3.8) is 0 Å². The van der Waals surface area contributed by atoms with Crippen LogP contribution < -0.4 is 51.7 Å². The number of imidazole rings is 1. The summed E-state index contributed by atoms with van der Waals surface area (Å²) in [6, 6.07) is 0. The predicted molar refractivity (Wildman–Crippen MR) is 64.7 cm³/mol. The second kappa shape index (κ2) is 6.72. The van der Waals surface area contributed by atoms with Crippen molar-refractivity contribution in [3.8, 4) is 0 Å². The summed E-state index contributed by atoms with van der Waals surface area (Å²) in [5.41, 5.74) is 11.4. The molecule has 10 nitrogen and oxygen atoms in total. The van der Waals surface area contributed by atoms with Crippen molar-refractivity contribution in [3.05, 3.63) is 5.69 Å². The van der Waals surface area contributed by atoms with Gasteiger partial charge in [0.05, 0.1) is 6.61 Å². The predicted octanol–water partition coefficient (Wildman–Crippen LogP) is -5.52. The topological polar surface area (TPSA) is 172 Å². The zero-order valence-electron chi connectivity index (χ0n) is 11.0. The number of carbonyl (C=O) groups is 1. The van der Waals surface area contributed by atoms with Crippen molar-refractivity contribution in [2.45, 2.75) is 18.5 Å². The number of nitrogens with two attached hydrogens (primary N) is 2. The van der Waals surface area contributed by atoms with Gasteiger partial charge in [0.1, 0.15) is 5.69 Å². The van der Waals surface area contributed by atoms with E-state index in [2.05, 4.69) is 20.6 Å². The maximum atomic E-state index is 11.8. The van der Waals surface area contributed by atoms with Crippen molar-refractivity contribution in [2.24, 2.45) is 5.73 Å². The van der Waals surface area contributed by atoms with Gasteiger partial charge in [-0.25, -0.2) is 0 Å². The molecule has 2 atom stereocenters. The van der Waals surface area contributed by atoms with Crippen LogP contribution in [0.2, 0.25) is 0 Å². The van der Waals surface area contributed by atoms with E-state index in [1.165, 1.54) is 0 Å². The van der Waals surface area contributed by atoms with Gasteiger partial charge < -0.3 is 36.3 Å². The van der Waals surface area contributed by atoms with E-state index in [4.69, 9.17) is 21.3 Å². The van der Waals surface area contributed by atoms with Crippen molar-refractivity contribution in [1.82, 2.24) is 15.3 Å². The zero-order valence-corrected chi connectivity index (χ0v) is 13.0. The monoisotopic (exact) mass is 295 g/mol. The number of aliphatic hydroxyl groups is 2. The normalized spacial score (nSPS) is 22.2. The average molecular weight is 295 g/mol. The number of aromatic amines is 1. The Morgan fingerprint density at radius 1 is 1.45 bits per heavy atom. The number of aliphatic hydroxyl groups excluding tert-OH is 2. The molecular formula is C9H16N6NaO4+. The van der Waals surface area contributed by atoms with Crippen molar-refractivity contribution in [1.29, 1.82) is 0 Å². The molecule has 0 aromatic carbocycles. The van der Waals surface area contributed by atoms with Crippen LogP contribution in [0.5, 0.6) is 0 Å². The first-order valence-electron chi connectivity index (χ1n) is 5.62. The molecule has 9 N–H and O–H groups in total. The minimum Gasteiger partial charge on any atom is -0.396 e. The molecule has 106 valence electrons. The molecule has 0 saturated carbocycles. The largest absolute Gasteiger partial charge is 1.00 e. The SMILES string of the molecule is Nc1nc2c([nH]1)C(=O)NC(N)(C(O)OCCCO)N2.[Na+]. The molecule has 0 bridgehead atoms. The van der Waals surface area contributed by atoms with Gasteiger partial charge in [0.25, 0.3) is 5.91 Å². The van der Waals surface area contributed by atoms with E-state index >= 15 is 0 Å². The maximum absolute atomic E-state index is 11.8. The van der Waals surface area contributed by atoms with Gasteiger partial charge in [-0.2, -0.15) is 4.98 Å². The molecule has 1 aromatic rings. The first kappa shape index (κ1) is 17.2. The fourth-order valence-electron chi connectivity index (χ4n) is 1.64. The van der Waals surface area contributed by atoms with Gasteiger partial charge in [-0.05, 0) is 6.42 Å². The van der Waals surface area contributed by atoms with Gasteiger partial charge in [0, 0.05) is 6.61 Å². The average Bonchev–Trinajstić information content (AvgIpc) is 2.70. The minimum atomic E-state index is -1.72. The Hall–Kier alpha value is -0.880. The number of carbonyl (C=O) groups excluding carboxylic acids is 1. The molecule has 0 spiro atoms. The van der Waals surface area contributed by atoms with Gasteiger partial charge in [-0.3, -0.25) is 10.5 Å². The molecule has 1 amide bonds. The van der Waals surface area contributed by atoms with E-state index in [1.54, 1.807) is 0 Å². The van der Waals surface area contributed by atoms with Crippen LogP contribution in [0, 0.1) is 0 Å². The molecule has 1 aromatic heterocycles. The Labute approximate surface area is 136 Å². The fourth-order valence-corrected chi connectivity index (χ4v) is 1.64. The Morgan fingerprint density at radius 2 is 2.15 bits per heavy atom. The molecule has 2 heterocycles. The molecule has 20 heavy (non-hydrogen) atoms. The number of anilines is 2. The summed E-state index contributed by atoms with van der Waals surface area (Å²) in [6.45, 7) is 0.00779. The van der Waals surface area contributed by atoms with E-state index < -0.39 is 18.0 Å². The number of fused-ring (bicyclic) bond motifs is 1. The smallest absolute Gasteiger partial charge is 0.396 e. The Morgan fingerprint density at radius 3 is 2.80 bits per heavy atom. The summed E-state index contributed by atoms with van der Waals surface area (Å²) >= 11 is 0. The number of hydrogen-bond acceptors (Lipinski definition) is 8. The third-order valence-corrected chi connectivity index (χ3v) is 2.56. The molecule has 0 saturated heterocycles.